The van der Waals surface area contributed by atoms with Gasteiger partial charge in [0.1, 0.15) is 0 Å². The van der Waals surface area contributed by atoms with Gasteiger partial charge in [-0.15, -0.1) is 0 Å². The maximum atomic E-state index is 9.64. The summed E-state index contributed by atoms with van der Waals surface area (Å²) >= 11 is 11.1. The molecule has 4 rings (SSSR count). The van der Waals surface area contributed by atoms with Crippen molar-refractivity contribution in [1.29, 1.82) is 0 Å². The molecular formula is C29H42ClI2N2O4V-. The van der Waals surface area contributed by atoms with Gasteiger partial charge in [-0.25, -0.2) is 0 Å². The van der Waals surface area contributed by atoms with Gasteiger partial charge >= 0.3 is 61.4 Å². The predicted octanol–water partition coefficient (Wildman–Crippen LogP) is 8.12. The molecular weight excluding hydrogens is 781 g/mol. The van der Waals surface area contributed by atoms with Gasteiger partial charge in [0.25, 0.3) is 0 Å². The van der Waals surface area contributed by atoms with E-state index < -0.39 is 30.5 Å². The molecule has 0 aromatic heterocycles. The van der Waals surface area contributed by atoms with Crippen molar-refractivity contribution in [3.8, 4) is 0 Å². The number of nitrogens with zero attached hydrogens (tertiary/aromatic N) is 2. The summed E-state index contributed by atoms with van der Waals surface area (Å²) < 4.78 is 64.7. The van der Waals surface area contributed by atoms with Crippen molar-refractivity contribution in [1.82, 2.24) is 9.80 Å². The second-order valence-corrected chi connectivity index (χ2v) is 21.1. The van der Waals surface area contributed by atoms with Crippen LogP contribution in [0.2, 0.25) is 5.02 Å². The number of aliphatic carboxylic acids is 2. The summed E-state index contributed by atoms with van der Waals surface area (Å²) in [6.07, 6.45) is -0.0574. The second-order valence-electron chi connectivity index (χ2n) is 8.90. The van der Waals surface area contributed by atoms with Crippen molar-refractivity contribution < 1.29 is 40.2 Å². The van der Waals surface area contributed by atoms with Gasteiger partial charge in [-0.1, -0.05) is 55.3 Å². The van der Waals surface area contributed by atoms with Crippen LogP contribution in [0.5, 0.6) is 0 Å². The van der Waals surface area contributed by atoms with Gasteiger partial charge in [0.2, 0.25) is 0 Å². The van der Waals surface area contributed by atoms with E-state index in [0.29, 0.717) is 46.1 Å². The number of piperazine rings is 1. The first kappa shape index (κ1) is 26.3. The molecule has 0 bridgehead atoms. The van der Waals surface area contributed by atoms with Crippen molar-refractivity contribution >= 4 is 63.5 Å². The van der Waals surface area contributed by atoms with Crippen molar-refractivity contribution in [3.63, 3.8) is 0 Å². The van der Waals surface area contributed by atoms with E-state index in [1.54, 1.807) is 17.9 Å². The summed E-state index contributed by atoms with van der Waals surface area (Å²) in [7, 11) is 0.628. The Kier molecular flexibility index (Phi) is 13.3. The van der Waals surface area contributed by atoms with Gasteiger partial charge in [-0.3, -0.25) is 19.4 Å². The minimum absolute atomic E-state index is 0. The average molecular weight is 831 g/mol. The van der Waals surface area contributed by atoms with Crippen molar-refractivity contribution in [2.75, 3.05) is 26.6 Å². The molecule has 0 radical (unpaired) electrons. The number of carboxylic acids is 2. The zero-order valence-electron chi connectivity index (χ0n) is 29.5. The van der Waals surface area contributed by atoms with Crippen LogP contribution < -0.4 is 0 Å². The monoisotopic (exact) mass is 830 g/mol. The summed E-state index contributed by atoms with van der Waals surface area (Å²) in [4.78, 5) is 23.1. The first-order valence-electron chi connectivity index (χ1n) is 15.7. The Morgan fingerprint density at radius 2 is 1.69 bits per heavy atom. The van der Waals surface area contributed by atoms with E-state index in [1.807, 2.05) is 26.0 Å². The molecule has 0 unspecified atom stereocenters. The molecule has 2 aromatic rings. The Balaban J connectivity index is 0.00000130. The van der Waals surface area contributed by atoms with Crippen LogP contribution in [0.3, 0.4) is 0 Å². The van der Waals surface area contributed by atoms with Gasteiger partial charge in [-0.2, -0.15) is 6.92 Å². The summed E-state index contributed by atoms with van der Waals surface area (Å²) in [5.41, 5.74) is 1.58. The number of benzene rings is 2. The van der Waals surface area contributed by atoms with Gasteiger partial charge < -0.3 is 17.1 Å². The van der Waals surface area contributed by atoms with Crippen LogP contribution in [0.4, 0.5) is 0 Å². The topological polar surface area (TPSA) is 81.1 Å². The molecule has 10 heteroatoms. The second kappa shape index (κ2) is 19.7. The number of rotatable bonds is 5. The number of hydrogen-bond donors (Lipinski definition) is 2. The van der Waals surface area contributed by atoms with E-state index in [0.717, 1.165) is 11.1 Å². The molecule has 2 aromatic carbocycles. The molecule has 0 amide bonds. The van der Waals surface area contributed by atoms with E-state index in [4.69, 9.17) is 32.8 Å². The third-order valence-corrected chi connectivity index (χ3v) is 6.27. The van der Waals surface area contributed by atoms with Gasteiger partial charge in [0, 0.05) is 46.3 Å². The van der Waals surface area contributed by atoms with Gasteiger partial charge in [-0.05, 0) is 56.1 Å². The van der Waals surface area contributed by atoms with Gasteiger partial charge in [0.05, 0.1) is 19.7 Å². The Hall–Kier alpha value is -0.366. The first-order valence-corrected chi connectivity index (χ1v) is 21.1. The fraction of sp³-hybridized carbons (Fsp3) is 0.483. The third-order valence-electron chi connectivity index (χ3n) is 6.04. The Labute approximate surface area is 280 Å². The fourth-order valence-electron chi connectivity index (χ4n) is 4.35. The van der Waals surface area contributed by atoms with Crippen LogP contribution in [0.15, 0.2) is 48.4 Å². The molecule has 2 N–H and O–H groups in total. The molecule has 39 heavy (non-hydrogen) atoms. The minimum atomic E-state index is -2.18. The van der Waals surface area contributed by atoms with Crippen molar-refractivity contribution in [2.45, 2.75) is 65.0 Å². The summed E-state index contributed by atoms with van der Waals surface area (Å²) in [6, 6.07) is 4.01. The summed E-state index contributed by atoms with van der Waals surface area (Å²) in [5.74, 6) is -2.53. The third kappa shape index (κ3) is 12.6. The first-order chi connectivity index (χ1) is 21.3. The quantitative estimate of drug-likeness (QED) is 0.234. The van der Waals surface area contributed by atoms with E-state index >= 15 is 0 Å². The summed E-state index contributed by atoms with van der Waals surface area (Å²) in [5, 5.41) is 16.4. The molecule has 0 spiro atoms. The van der Waals surface area contributed by atoms with Crippen molar-refractivity contribution in [3.05, 3.63) is 77.0 Å². The molecule has 1 aliphatic carbocycles. The number of likely N-dealkylation sites (N-methyl/N-ethyl adjacent to an activating group) is 1. The van der Waals surface area contributed by atoms with Crippen LogP contribution in [-0.4, -0.2) is 64.1 Å². The standard InChI is InChI=1S/C22H27ClN2.C4H6O4.C2H5.CH4.2HI.V/c1-22(2)15-25(12-11-24(22)3)21-14-19(16-7-5-4-6-8-16)18-10-9-17(23)13-20(18)21;5-3(6)1-2-4(7)8;1-2;;;;/h4-10,13,19,21H,11-12,14-15H2,1-3H3;1-2H2,(H,5,6)(H,7,8);1H2,2H3;1H4;2*1H;/q;;-1;;;;+2/p-2/t19-,21+;;;;;;/m1....../s1/i3D3,4D,5D,6D,7D,8D;;;;;;. The molecule has 6 nitrogen and oxygen atoms in total. The molecule has 0 saturated carbocycles. The van der Waals surface area contributed by atoms with E-state index in [9.17, 15) is 9.59 Å². The zero-order chi connectivity index (χ0) is 35.7. The number of hydrogen-bond acceptors (Lipinski definition) is 4. The number of halogens is 3. The summed E-state index contributed by atoms with van der Waals surface area (Å²) in [6.45, 7) is 8.12. The molecule has 1 aliphatic heterocycles. The van der Waals surface area contributed by atoms with E-state index in [1.165, 1.54) is 0 Å². The van der Waals surface area contributed by atoms with Crippen LogP contribution >= 0.6 is 51.6 Å². The molecule has 2 aliphatic rings. The van der Waals surface area contributed by atoms with Crippen LogP contribution in [-0.2, 0) is 19.1 Å². The van der Waals surface area contributed by atoms with Gasteiger partial charge in [0.15, 0.2) is 0 Å². The molecule has 219 valence electrons. The van der Waals surface area contributed by atoms with Crippen LogP contribution in [0, 0.1) is 6.92 Å². The molecule has 1 saturated heterocycles. The normalized spacial score (nSPS) is 22.5. The van der Waals surface area contributed by atoms with Crippen LogP contribution in [0.25, 0.3) is 0 Å². The maximum absolute atomic E-state index is 9.64. The molecule has 1 fully saturated rings. The van der Waals surface area contributed by atoms with Crippen molar-refractivity contribution in [2.24, 2.45) is 0 Å². The number of fused-ring (bicyclic) bond motifs is 1. The molecule has 2 atom stereocenters. The zero-order valence-corrected chi connectivity index (χ0v) is 28.0. The van der Waals surface area contributed by atoms with E-state index in [-0.39, 0.29) is 56.4 Å². The number of carbonyl (C=O) groups is 2. The Bertz CT molecular complexity index is 1330. The average Bonchev–Trinajstić information content (AvgIpc) is 3.32. The van der Waals surface area contributed by atoms with E-state index in [2.05, 4.69) is 51.8 Å². The SMILES string of the molecule is C.O=C(O)CCC(=O)O.[2H]c1c([2H])c([2H])c([C@H]2C[C@H](N3CCN(C([2H])([2H])[2H])C(C)(C)C3)c3cc(Cl)ccc32)c([2H])c1[2H].[CH2-]C.[I][V][I]. The molecule has 1 heterocycles. The fourth-order valence-corrected chi connectivity index (χ4v) is 4.53. The Morgan fingerprint density at radius 3 is 2.18 bits per heavy atom. The number of carboxylic acid groups (broad SMARTS) is 2. The predicted molar refractivity (Wildman–Crippen MR) is 176 cm³/mol. The Morgan fingerprint density at radius 1 is 1.13 bits per heavy atom. The van der Waals surface area contributed by atoms with Crippen LogP contribution in [0.1, 0.15) is 87.1 Å².